The SMILES string of the molecule is C[C-](C)C.C[C-](C)C.C[Si]C.Cl.Cl.[C-]1=CC=CC1.[CH3-].[CH3-].[CH3-].[CH3-].[Ti].[c-]1cc2ccccc2[nH]1. The second-order valence-corrected chi connectivity index (χ2v) is 7.50. The maximum absolute atomic E-state index is 2.99. The summed E-state index contributed by atoms with van der Waals surface area (Å²) >= 11 is 0. The molecule has 1 aliphatic rings. The number of halogens is 2. The standard InChI is InChI=1S/C8H6N.C5H5.2C4H9.C2H6Si.4CH3.2ClH.Ti/c1-2-4-8-7(3-1)5-6-9-8;1-2-4-5-3-1;2*1-4(2)3;1-3-2;;;;;;;/h1-5,9H;1-3H,4H2;2*1-3H3;1-2H3;4*1H3;2*1H;/q4*-1;;4*-1;;;. The summed E-state index contributed by atoms with van der Waals surface area (Å²) in [5.74, 6) is 2.83. The van der Waals surface area contributed by atoms with E-state index in [-0.39, 0.29) is 76.2 Å². The normalized spacial score (nSPS) is 8.44. The van der Waals surface area contributed by atoms with E-state index >= 15 is 0 Å². The van der Waals surface area contributed by atoms with Gasteiger partial charge in [0.05, 0.1) is 0 Å². The molecule has 2 aromatic rings. The topological polar surface area (TPSA) is 15.8 Å². The fourth-order valence-corrected chi connectivity index (χ4v) is 1.27. The molecule has 0 spiro atoms. The summed E-state index contributed by atoms with van der Waals surface area (Å²) in [5, 5.41) is 1.22. The molecule has 5 heteroatoms. The molecule has 1 aromatic heterocycles. The summed E-state index contributed by atoms with van der Waals surface area (Å²) in [7, 11) is 1.08. The van der Waals surface area contributed by atoms with Crippen molar-refractivity contribution in [1.29, 1.82) is 0 Å². The van der Waals surface area contributed by atoms with E-state index in [1.54, 1.807) is 0 Å². The summed E-state index contributed by atoms with van der Waals surface area (Å²) in [6.45, 7) is 16.8. The fourth-order valence-electron chi connectivity index (χ4n) is 1.27. The van der Waals surface area contributed by atoms with Crippen LogP contribution in [0.15, 0.2) is 48.6 Å². The van der Waals surface area contributed by atoms with Gasteiger partial charge in [0, 0.05) is 31.2 Å². The predicted octanol–water partition coefficient (Wildman–Crippen LogP) is 9.94. The first-order valence-corrected chi connectivity index (χ1v) is 10.6. The molecule has 1 heterocycles. The van der Waals surface area contributed by atoms with Gasteiger partial charge in [-0.15, -0.1) is 55.1 Å². The Labute approximate surface area is 234 Å². The molecule has 0 amide bonds. The fraction of sp³-hybridized carbons (Fsp3) is 0.333. The van der Waals surface area contributed by atoms with Gasteiger partial charge in [0.15, 0.2) is 0 Å². The van der Waals surface area contributed by atoms with Gasteiger partial charge in [-0.3, -0.25) is 6.08 Å². The van der Waals surface area contributed by atoms with Crippen LogP contribution in [-0.4, -0.2) is 14.5 Å². The van der Waals surface area contributed by atoms with Crippen LogP contribution in [0, 0.1) is 53.8 Å². The van der Waals surface area contributed by atoms with E-state index in [4.69, 9.17) is 0 Å². The number of fused-ring (bicyclic) bond motifs is 1. The van der Waals surface area contributed by atoms with Gasteiger partial charge in [-0.2, -0.15) is 59.1 Å². The molecule has 0 atom stereocenters. The van der Waals surface area contributed by atoms with Crippen LogP contribution < -0.4 is 0 Å². The van der Waals surface area contributed by atoms with Gasteiger partial charge in [0.2, 0.25) is 0 Å². The molecule has 1 N–H and O–H groups in total. The van der Waals surface area contributed by atoms with E-state index in [0.29, 0.717) is 0 Å². The number of nitrogens with one attached hydrogen (secondary N) is 1. The summed E-state index contributed by atoms with van der Waals surface area (Å²) < 4.78 is 0. The quantitative estimate of drug-likeness (QED) is 0.256. The molecule has 3 rings (SSSR count). The number of benzene rings is 1. The average molecular weight is 535 g/mol. The van der Waals surface area contributed by atoms with Gasteiger partial charge in [-0.25, -0.2) is 12.2 Å². The Morgan fingerprint density at radius 2 is 1.25 bits per heavy atom. The van der Waals surface area contributed by atoms with E-state index in [9.17, 15) is 0 Å². The molecule has 1 nitrogen and oxygen atoms in total. The number of para-hydroxylation sites is 1. The molecular formula is C27H49Cl2NSiTi-8. The summed E-state index contributed by atoms with van der Waals surface area (Å²) in [5.41, 5.74) is 1.15. The third-order valence-electron chi connectivity index (χ3n) is 1.98. The predicted molar refractivity (Wildman–Crippen MR) is 157 cm³/mol. The first-order valence-electron chi connectivity index (χ1n) is 8.62. The van der Waals surface area contributed by atoms with Crippen LogP contribution in [0.1, 0.15) is 48.0 Å². The van der Waals surface area contributed by atoms with Crippen molar-refractivity contribution in [3.05, 3.63) is 102 Å². The second-order valence-electron chi connectivity index (χ2n) is 6.50. The summed E-state index contributed by atoms with van der Waals surface area (Å²) in [6, 6.07) is 10.1. The van der Waals surface area contributed by atoms with Gasteiger partial charge in [-0.05, 0) is 0 Å². The van der Waals surface area contributed by atoms with Crippen molar-refractivity contribution in [3.8, 4) is 0 Å². The molecule has 0 saturated carbocycles. The number of aromatic nitrogens is 1. The van der Waals surface area contributed by atoms with Crippen molar-refractivity contribution in [1.82, 2.24) is 4.98 Å². The Hall–Kier alpha value is -0.249. The molecule has 1 aromatic carbocycles. The van der Waals surface area contributed by atoms with Gasteiger partial charge in [0.1, 0.15) is 0 Å². The van der Waals surface area contributed by atoms with Crippen molar-refractivity contribution in [2.75, 3.05) is 0 Å². The number of rotatable bonds is 0. The Bertz CT molecular complexity index is 516. The van der Waals surface area contributed by atoms with Gasteiger partial charge < -0.3 is 46.5 Å². The maximum Gasteiger partial charge on any atom is 0.0307 e. The molecule has 0 aliphatic heterocycles. The van der Waals surface area contributed by atoms with E-state index in [1.807, 2.05) is 36.4 Å². The van der Waals surface area contributed by atoms with E-state index in [0.717, 1.165) is 21.5 Å². The average Bonchev–Trinajstić information content (AvgIpc) is 3.22. The molecule has 0 fully saturated rings. The largest absolute Gasteiger partial charge is 0.477 e. The summed E-state index contributed by atoms with van der Waals surface area (Å²) in [4.78, 5) is 2.99. The number of H-pyrrole nitrogens is 1. The van der Waals surface area contributed by atoms with Gasteiger partial charge in [-0.1, -0.05) is 25.2 Å². The Morgan fingerprint density at radius 3 is 1.53 bits per heavy atom. The molecule has 1 aliphatic carbocycles. The molecule has 0 saturated heterocycles. The van der Waals surface area contributed by atoms with Crippen molar-refractivity contribution >= 4 is 45.2 Å². The molecular weight excluding hydrogens is 485 g/mol. The van der Waals surface area contributed by atoms with Crippen LogP contribution in [0.25, 0.3) is 10.9 Å². The van der Waals surface area contributed by atoms with Crippen LogP contribution in [0.5, 0.6) is 0 Å². The monoisotopic (exact) mass is 533 g/mol. The first-order chi connectivity index (χ1) is 11.8. The van der Waals surface area contributed by atoms with Crippen molar-refractivity contribution < 1.29 is 21.7 Å². The molecule has 0 bridgehead atoms. The zero-order valence-electron chi connectivity index (χ0n) is 22.6. The number of allylic oxidation sites excluding steroid dienone is 4. The third kappa shape index (κ3) is 52.0. The second kappa shape index (κ2) is 44.4. The maximum atomic E-state index is 2.99. The van der Waals surface area contributed by atoms with E-state index in [1.165, 1.54) is 17.2 Å². The van der Waals surface area contributed by atoms with Crippen LogP contribution in [0.2, 0.25) is 13.1 Å². The smallest absolute Gasteiger partial charge is 0.0307 e. The molecule has 32 heavy (non-hydrogen) atoms. The van der Waals surface area contributed by atoms with Gasteiger partial charge >= 0.3 is 0 Å². The molecule has 0 unspecified atom stereocenters. The van der Waals surface area contributed by atoms with Crippen molar-refractivity contribution in [3.63, 3.8) is 0 Å². The van der Waals surface area contributed by atoms with Crippen LogP contribution in [-0.2, 0) is 21.7 Å². The Morgan fingerprint density at radius 1 is 0.844 bits per heavy atom. The summed E-state index contributed by atoms with van der Waals surface area (Å²) in [6.07, 6.45) is 12.9. The van der Waals surface area contributed by atoms with Crippen molar-refractivity contribution in [2.24, 2.45) is 0 Å². The van der Waals surface area contributed by atoms with Gasteiger partial charge in [0.25, 0.3) is 0 Å². The number of aromatic amines is 1. The minimum absolute atomic E-state index is 0. The van der Waals surface area contributed by atoms with E-state index in [2.05, 4.69) is 84.0 Å². The first kappa shape index (κ1) is 58.0. The number of hydrogen-bond donors (Lipinski definition) is 1. The third-order valence-corrected chi connectivity index (χ3v) is 1.98. The zero-order chi connectivity index (χ0) is 19.5. The Balaban J connectivity index is -0.0000000297. The minimum atomic E-state index is 0. The van der Waals surface area contributed by atoms with Crippen LogP contribution >= 0.6 is 24.8 Å². The Kier molecular flexibility index (Phi) is 80.5. The minimum Gasteiger partial charge on any atom is -0.477 e. The zero-order valence-corrected chi connectivity index (χ0v) is 26.8. The van der Waals surface area contributed by atoms with E-state index < -0.39 is 0 Å². The molecule has 2 radical (unpaired) electrons. The van der Waals surface area contributed by atoms with Crippen LogP contribution in [0.4, 0.5) is 0 Å². The number of hydrogen-bond acceptors (Lipinski definition) is 0. The van der Waals surface area contributed by atoms with Crippen LogP contribution in [0.3, 0.4) is 0 Å². The molecule has 192 valence electrons. The van der Waals surface area contributed by atoms with Crippen molar-refractivity contribution in [2.45, 2.75) is 61.1 Å².